The highest BCUT2D eigenvalue weighted by molar-refractivity contribution is 8.00. The molecule has 9 heteroatoms. The quantitative estimate of drug-likeness (QED) is 0.375. The Morgan fingerprint density at radius 1 is 1.23 bits per heavy atom. The lowest BCUT2D eigenvalue weighted by Crippen LogP contribution is -2.09. The Balaban J connectivity index is 1.55. The number of aromatic nitrogens is 2. The van der Waals surface area contributed by atoms with Crippen LogP contribution in [0.5, 0.6) is 0 Å². The number of rotatable bonds is 6. The summed E-state index contributed by atoms with van der Waals surface area (Å²) in [7, 11) is 1.36. The first kappa shape index (κ1) is 18.6. The Kier molecular flexibility index (Phi) is 6.02. The molecule has 1 aromatic carbocycles. The molecule has 2 aromatic heterocycles. The van der Waals surface area contributed by atoms with Crippen LogP contribution in [0, 0.1) is 6.92 Å². The van der Waals surface area contributed by atoms with E-state index in [1.807, 2.05) is 30.5 Å². The van der Waals surface area contributed by atoms with Crippen LogP contribution in [0.25, 0.3) is 0 Å². The van der Waals surface area contributed by atoms with E-state index in [1.54, 1.807) is 12.1 Å². The van der Waals surface area contributed by atoms with Gasteiger partial charge < -0.3 is 4.74 Å². The minimum Gasteiger partial charge on any atom is -0.465 e. The SMILES string of the molecule is COC(=O)c1ccc(CSc2nnc(NC(=O)c3cc(C)cs3)s2)cc1. The number of nitrogens with zero attached hydrogens (tertiary/aromatic N) is 2. The molecule has 2 heterocycles. The standard InChI is InChI=1S/C17H15N3O3S3/c1-10-7-13(24-8-10)14(21)18-16-19-20-17(26-16)25-9-11-3-5-12(6-4-11)15(22)23-2/h3-8H,9H2,1-2H3,(H,18,19,21). The Labute approximate surface area is 162 Å². The Morgan fingerprint density at radius 2 is 2.00 bits per heavy atom. The molecule has 134 valence electrons. The number of anilines is 1. The normalized spacial score (nSPS) is 10.5. The van der Waals surface area contributed by atoms with Crippen LogP contribution in [-0.4, -0.2) is 29.2 Å². The number of esters is 1. The number of thiophene rings is 1. The van der Waals surface area contributed by atoms with E-state index in [-0.39, 0.29) is 11.9 Å². The van der Waals surface area contributed by atoms with Crippen LogP contribution < -0.4 is 5.32 Å². The number of aryl methyl sites for hydroxylation is 1. The lowest BCUT2D eigenvalue weighted by atomic mass is 10.1. The molecule has 0 fully saturated rings. The largest absolute Gasteiger partial charge is 0.465 e. The molecule has 3 aromatic rings. The number of carbonyl (C=O) groups excluding carboxylic acids is 2. The van der Waals surface area contributed by atoms with Crippen molar-refractivity contribution in [1.82, 2.24) is 10.2 Å². The Morgan fingerprint density at radius 3 is 2.65 bits per heavy atom. The summed E-state index contributed by atoms with van der Waals surface area (Å²) in [6.45, 7) is 1.95. The number of methoxy groups -OCH3 is 1. The van der Waals surface area contributed by atoms with Gasteiger partial charge in [-0.2, -0.15) is 0 Å². The predicted molar refractivity (Wildman–Crippen MR) is 104 cm³/mol. The van der Waals surface area contributed by atoms with E-state index in [0.717, 1.165) is 15.5 Å². The summed E-state index contributed by atoms with van der Waals surface area (Å²) >= 11 is 4.26. The summed E-state index contributed by atoms with van der Waals surface area (Å²) in [5, 5.41) is 13.3. The van der Waals surface area contributed by atoms with Gasteiger partial charge in [0.2, 0.25) is 5.13 Å². The first-order valence-corrected chi connectivity index (χ1v) is 10.2. The molecule has 1 amide bonds. The van der Waals surface area contributed by atoms with E-state index >= 15 is 0 Å². The van der Waals surface area contributed by atoms with E-state index < -0.39 is 0 Å². The van der Waals surface area contributed by atoms with Crippen molar-refractivity contribution >= 4 is 51.4 Å². The molecule has 0 aliphatic carbocycles. The van der Waals surface area contributed by atoms with Gasteiger partial charge in [0.25, 0.3) is 5.91 Å². The minimum atomic E-state index is -0.352. The van der Waals surface area contributed by atoms with Crippen LogP contribution in [0.3, 0.4) is 0 Å². The zero-order chi connectivity index (χ0) is 18.5. The third-order valence-electron chi connectivity index (χ3n) is 3.32. The number of thioether (sulfide) groups is 1. The minimum absolute atomic E-state index is 0.172. The molecule has 0 atom stereocenters. The molecule has 0 spiro atoms. The average molecular weight is 406 g/mol. The van der Waals surface area contributed by atoms with Crippen molar-refractivity contribution in [2.45, 2.75) is 17.0 Å². The zero-order valence-corrected chi connectivity index (χ0v) is 16.5. The summed E-state index contributed by atoms with van der Waals surface area (Å²) in [5.74, 6) is 0.164. The molecule has 0 bridgehead atoms. The van der Waals surface area contributed by atoms with Gasteiger partial charge in [-0.05, 0) is 41.6 Å². The molecule has 0 unspecified atom stereocenters. The van der Waals surface area contributed by atoms with Crippen LogP contribution in [-0.2, 0) is 10.5 Å². The third-order valence-corrected chi connectivity index (χ3v) is 6.41. The van der Waals surface area contributed by atoms with E-state index in [4.69, 9.17) is 0 Å². The zero-order valence-electron chi connectivity index (χ0n) is 14.0. The van der Waals surface area contributed by atoms with Crippen LogP contribution in [0.4, 0.5) is 5.13 Å². The maximum Gasteiger partial charge on any atom is 0.337 e. The van der Waals surface area contributed by atoms with Crippen LogP contribution in [0.15, 0.2) is 40.1 Å². The number of hydrogen-bond acceptors (Lipinski definition) is 8. The summed E-state index contributed by atoms with van der Waals surface area (Å²) in [4.78, 5) is 24.2. The second-order valence-corrected chi connectivity index (χ2v) is 8.40. The number of carbonyl (C=O) groups is 2. The molecule has 3 rings (SSSR count). The topological polar surface area (TPSA) is 81.2 Å². The molecule has 0 radical (unpaired) electrons. The molecule has 26 heavy (non-hydrogen) atoms. The highest BCUT2D eigenvalue weighted by Crippen LogP contribution is 2.29. The molecule has 1 N–H and O–H groups in total. The number of amides is 1. The van der Waals surface area contributed by atoms with Crippen LogP contribution in [0.1, 0.15) is 31.2 Å². The predicted octanol–water partition coefficient (Wildman–Crippen LogP) is 4.24. The summed E-state index contributed by atoms with van der Waals surface area (Å²) in [6.07, 6.45) is 0. The van der Waals surface area contributed by atoms with Gasteiger partial charge in [-0.15, -0.1) is 21.5 Å². The van der Waals surface area contributed by atoms with Crippen molar-refractivity contribution in [2.24, 2.45) is 0 Å². The van der Waals surface area contributed by atoms with Crippen molar-refractivity contribution < 1.29 is 14.3 Å². The molecule has 6 nitrogen and oxygen atoms in total. The average Bonchev–Trinajstić information content (AvgIpc) is 3.28. The molecule has 0 aliphatic heterocycles. The van der Waals surface area contributed by atoms with E-state index in [0.29, 0.717) is 21.3 Å². The lowest BCUT2D eigenvalue weighted by molar-refractivity contribution is 0.0600. The molecule has 0 aliphatic rings. The van der Waals surface area contributed by atoms with Gasteiger partial charge in [0.05, 0.1) is 17.6 Å². The monoisotopic (exact) mass is 405 g/mol. The van der Waals surface area contributed by atoms with Gasteiger partial charge in [-0.25, -0.2) is 4.79 Å². The van der Waals surface area contributed by atoms with Gasteiger partial charge in [0.15, 0.2) is 4.34 Å². The van der Waals surface area contributed by atoms with Crippen molar-refractivity contribution in [3.63, 3.8) is 0 Å². The number of hydrogen-bond donors (Lipinski definition) is 1. The fourth-order valence-corrected chi connectivity index (χ4v) is 4.52. The lowest BCUT2D eigenvalue weighted by Gasteiger charge is -2.01. The number of ether oxygens (including phenoxy) is 1. The van der Waals surface area contributed by atoms with Crippen molar-refractivity contribution in [1.29, 1.82) is 0 Å². The van der Waals surface area contributed by atoms with E-state index in [9.17, 15) is 9.59 Å². The Hall–Kier alpha value is -2.23. The van der Waals surface area contributed by atoms with E-state index in [2.05, 4.69) is 20.3 Å². The van der Waals surface area contributed by atoms with Gasteiger partial charge in [-0.3, -0.25) is 10.1 Å². The van der Waals surface area contributed by atoms with Gasteiger partial charge >= 0.3 is 5.97 Å². The number of nitrogens with one attached hydrogen (secondary N) is 1. The maximum atomic E-state index is 12.1. The molecular weight excluding hydrogens is 390 g/mol. The third kappa shape index (κ3) is 4.69. The van der Waals surface area contributed by atoms with Crippen LogP contribution in [0.2, 0.25) is 0 Å². The molecule has 0 saturated heterocycles. The van der Waals surface area contributed by atoms with Crippen molar-refractivity contribution in [2.75, 3.05) is 12.4 Å². The maximum absolute atomic E-state index is 12.1. The van der Waals surface area contributed by atoms with Gasteiger partial charge in [0.1, 0.15) is 0 Å². The number of benzene rings is 1. The summed E-state index contributed by atoms with van der Waals surface area (Å²) < 4.78 is 5.44. The first-order chi connectivity index (χ1) is 12.5. The summed E-state index contributed by atoms with van der Waals surface area (Å²) in [5.41, 5.74) is 2.63. The van der Waals surface area contributed by atoms with Gasteiger partial charge in [-0.1, -0.05) is 35.2 Å². The van der Waals surface area contributed by atoms with Gasteiger partial charge in [0, 0.05) is 5.75 Å². The highest BCUT2D eigenvalue weighted by Gasteiger charge is 2.12. The summed E-state index contributed by atoms with van der Waals surface area (Å²) in [6, 6.07) is 9.06. The van der Waals surface area contributed by atoms with Crippen molar-refractivity contribution in [3.05, 3.63) is 57.3 Å². The second-order valence-electron chi connectivity index (χ2n) is 5.29. The van der Waals surface area contributed by atoms with Crippen molar-refractivity contribution in [3.8, 4) is 0 Å². The Bertz CT molecular complexity index is 919. The molecular formula is C17H15N3O3S3. The molecule has 0 saturated carbocycles. The van der Waals surface area contributed by atoms with E-state index in [1.165, 1.54) is 41.5 Å². The fourth-order valence-electron chi connectivity index (χ4n) is 2.03. The fraction of sp³-hybridized carbons (Fsp3) is 0.176. The highest BCUT2D eigenvalue weighted by atomic mass is 32.2. The smallest absolute Gasteiger partial charge is 0.337 e. The van der Waals surface area contributed by atoms with Crippen LogP contribution >= 0.6 is 34.4 Å². The first-order valence-electron chi connectivity index (χ1n) is 7.55. The second kappa shape index (κ2) is 8.43.